The molecule has 32 heavy (non-hydrogen) atoms. The van der Waals surface area contributed by atoms with Crippen molar-refractivity contribution in [2.24, 2.45) is 5.10 Å². The van der Waals surface area contributed by atoms with Gasteiger partial charge < -0.3 is 8.92 Å². The van der Waals surface area contributed by atoms with Gasteiger partial charge in [-0.25, -0.2) is 5.43 Å². The lowest BCUT2D eigenvalue weighted by atomic mass is 10.2. The summed E-state index contributed by atoms with van der Waals surface area (Å²) in [6, 6.07) is 18.3. The summed E-state index contributed by atoms with van der Waals surface area (Å²) in [6.45, 7) is 2.09. The molecule has 3 aromatic carbocycles. The summed E-state index contributed by atoms with van der Waals surface area (Å²) in [5.41, 5.74) is 3.57. The second-order valence-electron chi connectivity index (χ2n) is 6.32. The summed E-state index contributed by atoms with van der Waals surface area (Å²) in [6.07, 6.45) is 1.45. The van der Waals surface area contributed by atoms with Gasteiger partial charge in [-0.3, -0.25) is 4.79 Å². The largest absolute Gasteiger partial charge is 0.490 e. The smallest absolute Gasteiger partial charge is 0.339 e. The maximum Gasteiger partial charge on any atom is 0.339 e. The molecule has 0 saturated heterocycles. The van der Waals surface area contributed by atoms with Crippen molar-refractivity contribution in [2.75, 3.05) is 6.61 Å². The van der Waals surface area contributed by atoms with Crippen molar-refractivity contribution in [3.05, 3.63) is 85.0 Å². The molecule has 0 saturated carbocycles. The molecule has 0 aliphatic carbocycles. The molecule has 1 amide bonds. The molecule has 0 aliphatic rings. The number of ether oxygens (including phenoxy) is 1. The van der Waals surface area contributed by atoms with Gasteiger partial charge in [0.2, 0.25) is 0 Å². The van der Waals surface area contributed by atoms with Crippen LogP contribution in [0.25, 0.3) is 0 Å². The highest BCUT2D eigenvalue weighted by Crippen LogP contribution is 2.36. The minimum atomic E-state index is -4.03. The van der Waals surface area contributed by atoms with Gasteiger partial charge in [-0.15, -0.1) is 0 Å². The van der Waals surface area contributed by atoms with E-state index in [1.165, 1.54) is 18.3 Å². The molecule has 0 fully saturated rings. The number of carbonyl (C=O) groups excluding carboxylic acids is 1. The monoisotopic (exact) mass is 676 g/mol. The average Bonchev–Trinajstić information content (AvgIpc) is 2.77. The molecular formula is C22H18I2N2O5S. The predicted molar refractivity (Wildman–Crippen MR) is 139 cm³/mol. The van der Waals surface area contributed by atoms with Crippen molar-refractivity contribution in [1.29, 1.82) is 0 Å². The minimum Gasteiger partial charge on any atom is -0.490 e. The van der Waals surface area contributed by atoms with Gasteiger partial charge in [-0.05, 0) is 100 Å². The zero-order valence-electron chi connectivity index (χ0n) is 16.8. The highest BCUT2D eigenvalue weighted by molar-refractivity contribution is 14.1. The fourth-order valence-electron chi connectivity index (χ4n) is 2.61. The Labute approximate surface area is 213 Å². The van der Waals surface area contributed by atoms with Crippen LogP contribution in [0.15, 0.2) is 76.7 Å². The van der Waals surface area contributed by atoms with Crippen molar-refractivity contribution >= 4 is 67.4 Å². The minimum absolute atomic E-state index is 0.0437. The van der Waals surface area contributed by atoms with E-state index in [1.807, 2.05) is 28.7 Å². The molecule has 10 heteroatoms. The Morgan fingerprint density at radius 2 is 1.81 bits per heavy atom. The van der Waals surface area contributed by atoms with E-state index in [9.17, 15) is 13.2 Å². The molecule has 0 radical (unpaired) electrons. The zero-order valence-corrected chi connectivity index (χ0v) is 21.9. The highest BCUT2D eigenvalue weighted by Gasteiger charge is 2.22. The third-order valence-electron chi connectivity index (χ3n) is 4.02. The number of hydrogen-bond donors (Lipinski definition) is 1. The molecular weight excluding hydrogens is 658 g/mol. The lowest BCUT2D eigenvalue weighted by molar-refractivity contribution is 0.0955. The van der Waals surface area contributed by atoms with Gasteiger partial charge in [-0.2, -0.15) is 13.5 Å². The summed E-state index contributed by atoms with van der Waals surface area (Å²) in [5, 5.41) is 4.00. The summed E-state index contributed by atoms with van der Waals surface area (Å²) in [5.74, 6) is 0.00838. The second kappa shape index (κ2) is 11.1. The quantitative estimate of drug-likeness (QED) is 0.160. The van der Waals surface area contributed by atoms with Crippen LogP contribution >= 0.6 is 45.2 Å². The van der Waals surface area contributed by atoms with E-state index in [0.29, 0.717) is 21.3 Å². The highest BCUT2D eigenvalue weighted by atomic mass is 127. The molecule has 3 rings (SSSR count). The third-order valence-corrected chi connectivity index (χ3v) is 6.73. The zero-order chi connectivity index (χ0) is 23.1. The van der Waals surface area contributed by atoms with E-state index in [2.05, 4.69) is 33.1 Å². The van der Waals surface area contributed by atoms with Gasteiger partial charge in [0.25, 0.3) is 5.91 Å². The van der Waals surface area contributed by atoms with Gasteiger partial charge in [0.05, 0.1) is 16.4 Å². The van der Waals surface area contributed by atoms with E-state index in [4.69, 9.17) is 8.92 Å². The first-order chi connectivity index (χ1) is 15.3. The standard InChI is InChI=1S/C22H18I2N2O5S/c1-2-30-20-12-15(14-25-26-22(27)16-7-6-8-17(23)13-16)11-19(24)21(20)31-32(28,29)18-9-4-3-5-10-18/h3-14H,2H2,1H3,(H,26,27)/b25-14-. The SMILES string of the molecule is CCOc1cc(/C=N\NC(=O)c2cccc(I)c2)cc(I)c1OS(=O)(=O)c1ccccc1. The molecule has 1 N–H and O–H groups in total. The summed E-state index contributed by atoms with van der Waals surface area (Å²) in [7, 11) is -4.03. The maximum atomic E-state index is 12.6. The number of nitrogens with zero attached hydrogens (tertiary/aromatic N) is 1. The van der Waals surface area contributed by atoms with Crippen LogP contribution in [0.5, 0.6) is 11.5 Å². The Bertz CT molecular complexity index is 1250. The van der Waals surface area contributed by atoms with E-state index in [1.54, 1.807) is 55.5 Å². The van der Waals surface area contributed by atoms with Crippen LogP contribution in [0.2, 0.25) is 0 Å². The summed E-state index contributed by atoms with van der Waals surface area (Å²) in [4.78, 5) is 12.3. The average molecular weight is 676 g/mol. The van der Waals surface area contributed by atoms with Gasteiger partial charge in [0.15, 0.2) is 11.5 Å². The van der Waals surface area contributed by atoms with Crippen LogP contribution in [-0.4, -0.2) is 27.1 Å². The number of hydrazone groups is 1. The molecule has 0 heterocycles. The molecule has 166 valence electrons. The van der Waals surface area contributed by atoms with E-state index < -0.39 is 10.1 Å². The topological polar surface area (TPSA) is 94.1 Å². The molecule has 0 aromatic heterocycles. The first-order valence-corrected chi connectivity index (χ1v) is 12.9. The van der Waals surface area contributed by atoms with Gasteiger partial charge in [0, 0.05) is 9.13 Å². The van der Waals surface area contributed by atoms with Crippen LogP contribution in [0.1, 0.15) is 22.8 Å². The molecule has 0 unspecified atom stereocenters. The van der Waals surface area contributed by atoms with Crippen LogP contribution in [-0.2, 0) is 10.1 Å². The lowest BCUT2D eigenvalue weighted by Gasteiger charge is -2.14. The van der Waals surface area contributed by atoms with Crippen molar-refractivity contribution in [1.82, 2.24) is 5.43 Å². The Morgan fingerprint density at radius 3 is 2.50 bits per heavy atom. The summed E-state index contributed by atoms with van der Waals surface area (Å²) < 4.78 is 37.7. The van der Waals surface area contributed by atoms with E-state index in [-0.39, 0.29) is 22.3 Å². The van der Waals surface area contributed by atoms with Crippen LogP contribution < -0.4 is 14.3 Å². The molecule has 7 nitrogen and oxygen atoms in total. The van der Waals surface area contributed by atoms with Crippen molar-refractivity contribution < 1.29 is 22.1 Å². The predicted octanol–water partition coefficient (Wildman–Crippen LogP) is 4.83. The van der Waals surface area contributed by atoms with Crippen molar-refractivity contribution in [2.45, 2.75) is 11.8 Å². The lowest BCUT2D eigenvalue weighted by Crippen LogP contribution is -2.17. The third kappa shape index (κ3) is 6.42. The molecule has 0 atom stereocenters. The second-order valence-corrected chi connectivity index (χ2v) is 10.3. The fraction of sp³-hybridized carbons (Fsp3) is 0.0909. The van der Waals surface area contributed by atoms with E-state index >= 15 is 0 Å². The Kier molecular flexibility index (Phi) is 8.48. The first kappa shape index (κ1) is 24.5. The molecule has 3 aromatic rings. The number of amides is 1. The van der Waals surface area contributed by atoms with Crippen molar-refractivity contribution in [3.63, 3.8) is 0 Å². The maximum absolute atomic E-state index is 12.6. The van der Waals surface area contributed by atoms with Gasteiger partial charge >= 0.3 is 10.1 Å². The van der Waals surface area contributed by atoms with Gasteiger partial charge in [-0.1, -0.05) is 24.3 Å². The Hall–Kier alpha value is -2.19. The normalized spacial score (nSPS) is 11.3. The molecule has 0 aliphatic heterocycles. The van der Waals surface area contributed by atoms with Crippen LogP contribution in [0, 0.1) is 7.14 Å². The number of nitrogens with one attached hydrogen (secondary N) is 1. The molecule has 0 bridgehead atoms. The Balaban J connectivity index is 1.82. The number of rotatable bonds is 8. The van der Waals surface area contributed by atoms with Crippen LogP contribution in [0.3, 0.4) is 0 Å². The number of halogens is 2. The number of benzene rings is 3. The molecule has 0 spiro atoms. The van der Waals surface area contributed by atoms with Crippen LogP contribution in [0.4, 0.5) is 0 Å². The Morgan fingerprint density at radius 1 is 1.06 bits per heavy atom. The first-order valence-electron chi connectivity index (χ1n) is 9.35. The number of carbonyl (C=O) groups is 1. The number of hydrogen-bond acceptors (Lipinski definition) is 6. The summed E-state index contributed by atoms with van der Waals surface area (Å²) >= 11 is 4.10. The fourth-order valence-corrected chi connectivity index (χ4v) is 5.02. The van der Waals surface area contributed by atoms with Gasteiger partial charge in [0.1, 0.15) is 4.90 Å². The van der Waals surface area contributed by atoms with E-state index in [0.717, 1.165) is 3.57 Å². The van der Waals surface area contributed by atoms with Crippen molar-refractivity contribution in [3.8, 4) is 11.5 Å².